The summed E-state index contributed by atoms with van der Waals surface area (Å²) in [6, 6.07) is 14.4. The number of halogens is 1. The second kappa shape index (κ2) is 15.0. The van der Waals surface area contributed by atoms with Gasteiger partial charge in [-0.2, -0.15) is 0 Å². The highest BCUT2D eigenvalue weighted by molar-refractivity contribution is 14.0. The Morgan fingerprint density at radius 3 is 2.45 bits per heavy atom. The predicted molar refractivity (Wildman–Crippen MR) is 144 cm³/mol. The minimum absolute atomic E-state index is 0. The molecule has 0 amide bonds. The van der Waals surface area contributed by atoms with E-state index >= 15 is 0 Å². The van der Waals surface area contributed by atoms with E-state index < -0.39 is 0 Å². The summed E-state index contributed by atoms with van der Waals surface area (Å²) in [6.07, 6.45) is 0.804. The number of hydrogen-bond donors (Lipinski definition) is 2. The van der Waals surface area contributed by atoms with Crippen LogP contribution in [0.1, 0.15) is 23.6 Å². The lowest BCUT2D eigenvalue weighted by Gasteiger charge is -2.27. The number of nitrogens with one attached hydrogen (secondary N) is 2. The van der Waals surface area contributed by atoms with Crippen LogP contribution in [0.5, 0.6) is 11.5 Å². The van der Waals surface area contributed by atoms with E-state index in [4.69, 9.17) is 19.2 Å². The maximum atomic E-state index is 5.49. The van der Waals surface area contributed by atoms with Crippen LogP contribution in [0.15, 0.2) is 47.5 Å². The van der Waals surface area contributed by atoms with E-state index in [0.29, 0.717) is 6.54 Å². The number of methoxy groups -OCH3 is 2. The summed E-state index contributed by atoms with van der Waals surface area (Å²) >= 11 is 0. The zero-order chi connectivity index (χ0) is 22.6. The third-order valence-electron chi connectivity index (χ3n) is 5.54. The summed E-state index contributed by atoms with van der Waals surface area (Å²) < 4.78 is 16.3. The summed E-state index contributed by atoms with van der Waals surface area (Å²) in [7, 11) is 3.37. The van der Waals surface area contributed by atoms with E-state index in [1.165, 1.54) is 11.1 Å². The molecule has 1 saturated heterocycles. The highest BCUT2D eigenvalue weighted by Gasteiger charge is 2.12. The molecule has 3 rings (SSSR count). The van der Waals surface area contributed by atoms with Crippen molar-refractivity contribution in [2.75, 3.05) is 53.6 Å². The van der Waals surface area contributed by atoms with Crippen LogP contribution in [0, 0.1) is 0 Å². The molecule has 7 nitrogen and oxygen atoms in total. The van der Waals surface area contributed by atoms with Gasteiger partial charge in [0.05, 0.1) is 34.0 Å². The Labute approximate surface area is 214 Å². The molecule has 0 unspecified atom stereocenters. The van der Waals surface area contributed by atoms with E-state index in [2.05, 4.69) is 46.7 Å². The molecule has 0 atom stereocenters. The van der Waals surface area contributed by atoms with Gasteiger partial charge in [-0.25, -0.2) is 4.99 Å². The average Bonchev–Trinajstić information content (AvgIpc) is 2.84. The first kappa shape index (κ1) is 27.2. The predicted octanol–water partition coefficient (Wildman–Crippen LogP) is 3.45. The zero-order valence-electron chi connectivity index (χ0n) is 19.9. The highest BCUT2D eigenvalue weighted by Crippen LogP contribution is 2.24. The summed E-state index contributed by atoms with van der Waals surface area (Å²) in [4.78, 5) is 7.28. The van der Waals surface area contributed by atoms with E-state index in [-0.39, 0.29) is 24.0 Å². The van der Waals surface area contributed by atoms with Gasteiger partial charge in [-0.05, 0) is 48.2 Å². The second-order valence-corrected chi connectivity index (χ2v) is 7.71. The molecule has 2 N–H and O–H groups in total. The normalized spacial score (nSPS) is 14.3. The van der Waals surface area contributed by atoms with Gasteiger partial charge in [-0.1, -0.05) is 24.3 Å². The Morgan fingerprint density at radius 2 is 1.76 bits per heavy atom. The van der Waals surface area contributed by atoms with Crippen molar-refractivity contribution in [3.8, 4) is 11.5 Å². The largest absolute Gasteiger partial charge is 0.497 e. The molecule has 0 bridgehead atoms. The Bertz CT molecular complexity index is 872. The first-order valence-electron chi connectivity index (χ1n) is 11.3. The van der Waals surface area contributed by atoms with Crippen molar-refractivity contribution < 1.29 is 14.2 Å². The van der Waals surface area contributed by atoms with Gasteiger partial charge in [-0.15, -0.1) is 24.0 Å². The maximum absolute atomic E-state index is 5.49. The molecule has 0 aliphatic carbocycles. The molecule has 33 heavy (non-hydrogen) atoms. The number of rotatable bonds is 10. The molecule has 1 aliphatic heterocycles. The molecule has 0 radical (unpaired) electrons. The van der Waals surface area contributed by atoms with Crippen molar-refractivity contribution in [3.63, 3.8) is 0 Å². The molecule has 1 aliphatic rings. The molecule has 182 valence electrons. The van der Waals surface area contributed by atoms with Crippen molar-refractivity contribution in [2.24, 2.45) is 4.99 Å². The molecule has 2 aromatic rings. The molecule has 1 heterocycles. The van der Waals surface area contributed by atoms with Crippen LogP contribution in [0.3, 0.4) is 0 Å². The van der Waals surface area contributed by atoms with Crippen molar-refractivity contribution >= 4 is 29.9 Å². The monoisotopic (exact) mass is 568 g/mol. The van der Waals surface area contributed by atoms with Gasteiger partial charge in [0.2, 0.25) is 0 Å². The zero-order valence-corrected chi connectivity index (χ0v) is 22.3. The van der Waals surface area contributed by atoms with E-state index in [1.54, 1.807) is 14.2 Å². The highest BCUT2D eigenvalue weighted by atomic mass is 127. The first-order valence-corrected chi connectivity index (χ1v) is 11.3. The number of guanidine groups is 1. The molecule has 0 spiro atoms. The van der Waals surface area contributed by atoms with Crippen LogP contribution < -0.4 is 20.1 Å². The van der Waals surface area contributed by atoms with E-state index in [1.807, 2.05) is 18.2 Å². The molecule has 8 heteroatoms. The number of aliphatic imine (C=N–C) groups is 1. The second-order valence-electron chi connectivity index (χ2n) is 7.71. The Balaban J connectivity index is 0.00000385. The van der Waals surface area contributed by atoms with E-state index in [9.17, 15) is 0 Å². The van der Waals surface area contributed by atoms with E-state index in [0.717, 1.165) is 75.4 Å². The number of benzene rings is 2. The fourth-order valence-electron chi connectivity index (χ4n) is 3.77. The van der Waals surface area contributed by atoms with Crippen molar-refractivity contribution in [1.82, 2.24) is 15.5 Å². The number of morpholine rings is 1. The first-order chi connectivity index (χ1) is 15.7. The van der Waals surface area contributed by atoms with Gasteiger partial charge >= 0.3 is 0 Å². The van der Waals surface area contributed by atoms with Crippen LogP contribution in [-0.2, 0) is 24.2 Å². The van der Waals surface area contributed by atoms with Crippen LogP contribution >= 0.6 is 24.0 Å². The molecular weight excluding hydrogens is 531 g/mol. The summed E-state index contributed by atoms with van der Waals surface area (Å²) in [6.45, 7) is 8.79. The van der Waals surface area contributed by atoms with Gasteiger partial charge < -0.3 is 24.8 Å². The van der Waals surface area contributed by atoms with Crippen molar-refractivity contribution in [3.05, 3.63) is 59.2 Å². The van der Waals surface area contributed by atoms with Gasteiger partial charge in [-0.3, -0.25) is 4.90 Å². The smallest absolute Gasteiger partial charge is 0.191 e. The SMILES string of the molecule is CCNC(=NCc1ccccc1CN1CCOCC1)NCCc1cc(OC)ccc1OC.I. The molecule has 1 fully saturated rings. The fourth-order valence-corrected chi connectivity index (χ4v) is 3.77. The minimum Gasteiger partial charge on any atom is -0.497 e. The number of ether oxygens (including phenoxy) is 3. The number of nitrogens with zero attached hydrogens (tertiary/aromatic N) is 2. The van der Waals surface area contributed by atoms with Gasteiger partial charge in [0.25, 0.3) is 0 Å². The Morgan fingerprint density at radius 1 is 1.00 bits per heavy atom. The van der Waals surface area contributed by atoms with Crippen LogP contribution in [0.2, 0.25) is 0 Å². The molecular formula is C25H37IN4O3. The van der Waals surface area contributed by atoms with Crippen molar-refractivity contribution in [2.45, 2.75) is 26.4 Å². The minimum atomic E-state index is 0. The van der Waals surface area contributed by atoms with Crippen molar-refractivity contribution in [1.29, 1.82) is 0 Å². The maximum Gasteiger partial charge on any atom is 0.191 e. The summed E-state index contributed by atoms with van der Waals surface area (Å²) in [5.41, 5.74) is 3.69. The molecule has 0 saturated carbocycles. The van der Waals surface area contributed by atoms with Gasteiger partial charge in [0.15, 0.2) is 5.96 Å². The van der Waals surface area contributed by atoms with Crippen LogP contribution in [0.25, 0.3) is 0 Å². The van der Waals surface area contributed by atoms with Gasteiger partial charge in [0, 0.05) is 32.7 Å². The van der Waals surface area contributed by atoms with Gasteiger partial charge in [0.1, 0.15) is 11.5 Å². The van der Waals surface area contributed by atoms with Crippen LogP contribution in [-0.4, -0.2) is 64.5 Å². The average molecular weight is 569 g/mol. The lowest BCUT2D eigenvalue weighted by Crippen LogP contribution is -2.38. The molecule has 2 aromatic carbocycles. The Kier molecular flexibility index (Phi) is 12.3. The Hall–Kier alpha value is -2.04. The summed E-state index contributed by atoms with van der Waals surface area (Å²) in [5.74, 6) is 2.51. The summed E-state index contributed by atoms with van der Waals surface area (Å²) in [5, 5.41) is 6.79. The standard InChI is InChI=1S/C25H36N4O3.HI/c1-4-26-25(27-12-11-20-17-23(30-2)9-10-24(20)31-3)28-18-21-7-5-6-8-22(21)19-29-13-15-32-16-14-29;/h5-10,17H,4,11-16,18-19H2,1-3H3,(H2,26,27,28);1H. The quantitative estimate of drug-likeness (QED) is 0.260. The number of hydrogen-bond acceptors (Lipinski definition) is 5. The lowest BCUT2D eigenvalue weighted by molar-refractivity contribution is 0.0341. The fraction of sp³-hybridized carbons (Fsp3) is 0.480. The molecule has 0 aromatic heterocycles. The third-order valence-corrected chi connectivity index (χ3v) is 5.54. The third kappa shape index (κ3) is 8.68. The lowest BCUT2D eigenvalue weighted by atomic mass is 10.1. The van der Waals surface area contributed by atoms with Crippen LogP contribution in [0.4, 0.5) is 0 Å². The topological polar surface area (TPSA) is 67.4 Å².